The molecule has 6 heteroatoms. The van der Waals surface area contributed by atoms with Gasteiger partial charge < -0.3 is 5.32 Å². The Morgan fingerprint density at radius 2 is 1.83 bits per heavy atom. The highest BCUT2D eigenvalue weighted by molar-refractivity contribution is 6.30. The molecule has 0 spiro atoms. The van der Waals surface area contributed by atoms with Gasteiger partial charge in [-0.3, -0.25) is 9.69 Å². The van der Waals surface area contributed by atoms with Crippen LogP contribution in [0, 0.1) is 11.6 Å². The van der Waals surface area contributed by atoms with E-state index in [0.717, 1.165) is 17.7 Å². The summed E-state index contributed by atoms with van der Waals surface area (Å²) >= 11 is 5.86. The molecule has 0 aliphatic heterocycles. The Hall–Kier alpha value is -1.98. The highest BCUT2D eigenvalue weighted by Crippen LogP contribution is 2.21. The normalized spacial score (nSPS) is 12.3. The van der Waals surface area contributed by atoms with Crippen LogP contribution in [-0.4, -0.2) is 24.4 Å². The molecule has 0 radical (unpaired) electrons. The Bertz CT molecular complexity index is 691. The number of nitrogens with one attached hydrogen (secondary N) is 1. The zero-order chi connectivity index (χ0) is 17.0. The Balaban J connectivity index is 1.95. The van der Waals surface area contributed by atoms with Crippen molar-refractivity contribution in [3.63, 3.8) is 0 Å². The minimum atomic E-state index is -0.995. The summed E-state index contributed by atoms with van der Waals surface area (Å²) in [5.41, 5.74) is 1.25. The number of anilines is 1. The Kier molecular flexibility index (Phi) is 5.69. The molecule has 2 rings (SSSR count). The molecular formula is C17H17ClF2N2O. The minimum absolute atomic E-state index is 0.00275. The summed E-state index contributed by atoms with van der Waals surface area (Å²) in [6.07, 6.45) is 0. The lowest BCUT2D eigenvalue weighted by Gasteiger charge is -2.24. The number of rotatable bonds is 5. The number of hydrogen-bond acceptors (Lipinski definition) is 2. The number of likely N-dealkylation sites (N-methyl/N-ethyl adjacent to an activating group) is 1. The Morgan fingerprint density at radius 3 is 2.43 bits per heavy atom. The molecule has 2 aromatic carbocycles. The molecule has 3 nitrogen and oxygen atoms in total. The average molecular weight is 339 g/mol. The monoisotopic (exact) mass is 338 g/mol. The zero-order valence-electron chi connectivity index (χ0n) is 12.8. The number of amides is 1. The summed E-state index contributed by atoms with van der Waals surface area (Å²) in [6.45, 7) is 2.08. The predicted octanol–water partition coefficient (Wildman–Crippen LogP) is 4.25. The van der Waals surface area contributed by atoms with E-state index in [2.05, 4.69) is 5.32 Å². The van der Waals surface area contributed by atoms with Gasteiger partial charge in [-0.1, -0.05) is 23.7 Å². The second-order valence-electron chi connectivity index (χ2n) is 5.32. The molecule has 1 amide bonds. The molecule has 23 heavy (non-hydrogen) atoms. The third kappa shape index (κ3) is 4.74. The van der Waals surface area contributed by atoms with E-state index in [4.69, 9.17) is 11.6 Å². The van der Waals surface area contributed by atoms with Gasteiger partial charge in [-0.2, -0.15) is 0 Å². The van der Waals surface area contributed by atoms with Crippen LogP contribution in [0.5, 0.6) is 0 Å². The van der Waals surface area contributed by atoms with Gasteiger partial charge in [0, 0.05) is 22.8 Å². The number of carbonyl (C=O) groups excluding carboxylic acids is 1. The van der Waals surface area contributed by atoms with Gasteiger partial charge in [0.25, 0.3) is 0 Å². The van der Waals surface area contributed by atoms with Crippen molar-refractivity contribution in [1.29, 1.82) is 0 Å². The van der Waals surface area contributed by atoms with Gasteiger partial charge in [-0.05, 0) is 43.8 Å². The van der Waals surface area contributed by atoms with Crippen LogP contribution in [0.1, 0.15) is 18.5 Å². The lowest BCUT2D eigenvalue weighted by atomic mass is 10.1. The van der Waals surface area contributed by atoms with Crippen LogP contribution in [0.4, 0.5) is 14.5 Å². The first-order valence-corrected chi connectivity index (χ1v) is 7.45. The molecule has 0 aromatic heterocycles. The van der Waals surface area contributed by atoms with Crippen molar-refractivity contribution >= 4 is 23.2 Å². The summed E-state index contributed by atoms with van der Waals surface area (Å²) in [5, 5.41) is 3.20. The molecule has 0 fully saturated rings. The summed E-state index contributed by atoms with van der Waals surface area (Å²) in [5.74, 6) is -2.25. The van der Waals surface area contributed by atoms with E-state index in [0.29, 0.717) is 5.02 Å². The molecule has 122 valence electrons. The molecule has 0 aliphatic rings. The van der Waals surface area contributed by atoms with Crippen molar-refractivity contribution in [1.82, 2.24) is 4.90 Å². The van der Waals surface area contributed by atoms with Crippen molar-refractivity contribution in [2.75, 3.05) is 18.9 Å². The van der Waals surface area contributed by atoms with Gasteiger partial charge in [-0.15, -0.1) is 0 Å². The van der Waals surface area contributed by atoms with Gasteiger partial charge in [-0.25, -0.2) is 8.78 Å². The topological polar surface area (TPSA) is 32.3 Å². The summed E-state index contributed by atoms with van der Waals surface area (Å²) in [4.78, 5) is 13.9. The van der Waals surface area contributed by atoms with Crippen LogP contribution >= 0.6 is 11.6 Å². The summed E-state index contributed by atoms with van der Waals surface area (Å²) < 4.78 is 26.0. The predicted molar refractivity (Wildman–Crippen MR) is 87.5 cm³/mol. The first kappa shape index (κ1) is 17.4. The number of benzene rings is 2. The second kappa shape index (κ2) is 7.53. The first-order chi connectivity index (χ1) is 10.9. The van der Waals surface area contributed by atoms with Gasteiger partial charge >= 0.3 is 0 Å². The Morgan fingerprint density at radius 1 is 1.17 bits per heavy atom. The molecular weight excluding hydrogens is 322 g/mol. The minimum Gasteiger partial charge on any atom is -0.325 e. The molecule has 1 atom stereocenters. The van der Waals surface area contributed by atoms with Crippen LogP contribution < -0.4 is 5.32 Å². The van der Waals surface area contributed by atoms with E-state index in [-0.39, 0.29) is 24.2 Å². The van der Waals surface area contributed by atoms with Crippen molar-refractivity contribution in [2.45, 2.75) is 13.0 Å². The van der Waals surface area contributed by atoms with E-state index < -0.39 is 11.6 Å². The summed E-state index contributed by atoms with van der Waals surface area (Å²) in [7, 11) is 1.81. The van der Waals surface area contributed by atoms with Crippen molar-refractivity contribution in [2.24, 2.45) is 0 Å². The van der Waals surface area contributed by atoms with Crippen LogP contribution in [0.3, 0.4) is 0 Å². The average Bonchev–Trinajstić information content (AvgIpc) is 2.51. The fourth-order valence-electron chi connectivity index (χ4n) is 2.13. The molecule has 0 aliphatic carbocycles. The Labute approximate surface area is 138 Å². The SMILES string of the molecule is CC(c1ccc(Cl)cc1)N(C)CC(=O)Nc1ccc(F)c(F)c1. The van der Waals surface area contributed by atoms with Gasteiger partial charge in [0.2, 0.25) is 5.91 Å². The molecule has 1 N–H and O–H groups in total. The van der Waals surface area contributed by atoms with Crippen molar-refractivity contribution in [3.05, 3.63) is 64.7 Å². The third-order valence-electron chi connectivity index (χ3n) is 3.61. The number of halogens is 3. The van der Waals surface area contributed by atoms with Gasteiger partial charge in [0.15, 0.2) is 11.6 Å². The van der Waals surface area contributed by atoms with Crippen molar-refractivity contribution < 1.29 is 13.6 Å². The fraction of sp³-hybridized carbons (Fsp3) is 0.235. The zero-order valence-corrected chi connectivity index (χ0v) is 13.6. The molecule has 2 aromatic rings. The highest BCUT2D eigenvalue weighted by Gasteiger charge is 2.15. The molecule has 0 saturated heterocycles. The molecule has 0 bridgehead atoms. The number of hydrogen-bond donors (Lipinski definition) is 1. The molecule has 0 heterocycles. The smallest absolute Gasteiger partial charge is 0.238 e. The quantitative estimate of drug-likeness (QED) is 0.884. The standard InChI is InChI=1S/C17H17ClF2N2O/c1-11(12-3-5-13(18)6-4-12)22(2)10-17(23)21-14-7-8-15(19)16(20)9-14/h3-9,11H,10H2,1-2H3,(H,21,23). The maximum Gasteiger partial charge on any atom is 0.238 e. The van der Waals surface area contributed by atoms with Crippen LogP contribution in [0.2, 0.25) is 5.02 Å². The largest absolute Gasteiger partial charge is 0.325 e. The molecule has 0 saturated carbocycles. The second-order valence-corrected chi connectivity index (χ2v) is 5.76. The molecule has 1 unspecified atom stereocenters. The first-order valence-electron chi connectivity index (χ1n) is 7.07. The lowest BCUT2D eigenvalue weighted by molar-refractivity contribution is -0.117. The van der Waals surface area contributed by atoms with Gasteiger partial charge in [0.05, 0.1) is 6.54 Å². The maximum absolute atomic E-state index is 13.1. The van der Waals surface area contributed by atoms with Crippen LogP contribution in [0.25, 0.3) is 0 Å². The van der Waals surface area contributed by atoms with Crippen LogP contribution in [-0.2, 0) is 4.79 Å². The van der Waals surface area contributed by atoms with E-state index in [1.807, 2.05) is 31.0 Å². The van der Waals surface area contributed by atoms with E-state index in [9.17, 15) is 13.6 Å². The van der Waals surface area contributed by atoms with E-state index in [1.165, 1.54) is 6.07 Å². The maximum atomic E-state index is 13.1. The third-order valence-corrected chi connectivity index (χ3v) is 3.86. The van der Waals surface area contributed by atoms with E-state index >= 15 is 0 Å². The van der Waals surface area contributed by atoms with E-state index in [1.54, 1.807) is 12.1 Å². The summed E-state index contributed by atoms with van der Waals surface area (Å²) in [6, 6.07) is 10.6. The lowest BCUT2D eigenvalue weighted by Crippen LogP contribution is -2.32. The highest BCUT2D eigenvalue weighted by atomic mass is 35.5. The number of nitrogens with zero attached hydrogens (tertiary/aromatic N) is 1. The van der Waals surface area contributed by atoms with Gasteiger partial charge in [0.1, 0.15) is 0 Å². The van der Waals surface area contributed by atoms with Crippen molar-refractivity contribution in [3.8, 4) is 0 Å². The fourth-order valence-corrected chi connectivity index (χ4v) is 2.26. The number of carbonyl (C=O) groups is 1. The van der Waals surface area contributed by atoms with Crippen LogP contribution in [0.15, 0.2) is 42.5 Å².